The number of hydrogen-bond donors (Lipinski definition) is 0. The van der Waals surface area contributed by atoms with Gasteiger partial charge in [-0.15, -0.1) is 11.3 Å². The van der Waals surface area contributed by atoms with E-state index < -0.39 is 0 Å². The second-order valence-corrected chi connectivity index (χ2v) is 7.61. The van der Waals surface area contributed by atoms with E-state index in [4.69, 9.17) is 16.3 Å². The lowest BCUT2D eigenvalue weighted by atomic mass is 9.98. The predicted molar refractivity (Wildman–Crippen MR) is 90.3 cm³/mol. The van der Waals surface area contributed by atoms with Gasteiger partial charge in [-0.05, 0) is 22.6 Å². The van der Waals surface area contributed by atoms with E-state index in [1.54, 1.807) is 18.4 Å². The first-order valence-corrected chi connectivity index (χ1v) is 8.33. The van der Waals surface area contributed by atoms with Crippen LogP contribution in [0.4, 0.5) is 0 Å². The highest BCUT2D eigenvalue weighted by Crippen LogP contribution is 2.30. The largest absolute Gasteiger partial charge is 0.378 e. The third-order valence-corrected chi connectivity index (χ3v) is 5.53. The summed E-state index contributed by atoms with van der Waals surface area (Å²) in [6, 6.07) is 0. The van der Waals surface area contributed by atoms with E-state index in [1.165, 1.54) is 0 Å². The van der Waals surface area contributed by atoms with Crippen LogP contribution in [-0.4, -0.2) is 22.1 Å². The summed E-state index contributed by atoms with van der Waals surface area (Å²) >= 11 is 9.90. The van der Waals surface area contributed by atoms with E-state index in [0.717, 1.165) is 20.0 Å². The summed E-state index contributed by atoms with van der Waals surface area (Å²) < 4.78 is 5.96. The van der Waals surface area contributed by atoms with Crippen molar-refractivity contribution in [2.24, 2.45) is 0 Å². The molecule has 0 saturated heterocycles. The Kier molecular flexibility index (Phi) is 4.99. The standard InChI is InChI=1S/C13H15ClIN3OS/c1-13(2,3)12-17-8(6-20-12)11-16-7(5-19-4)9(15)10(14)18-11/h6H,5H2,1-4H3. The lowest BCUT2D eigenvalue weighted by molar-refractivity contribution is 0.181. The van der Waals surface area contributed by atoms with E-state index in [0.29, 0.717) is 17.6 Å². The molecule has 0 amide bonds. The molecule has 0 bridgehead atoms. The SMILES string of the molecule is COCc1nc(-c2csc(C(C)(C)C)n2)nc(Cl)c1I. The zero-order valence-electron chi connectivity index (χ0n) is 11.7. The van der Waals surface area contributed by atoms with E-state index in [2.05, 4.69) is 58.3 Å². The first kappa shape index (κ1) is 16.1. The molecule has 2 rings (SSSR count). The van der Waals surface area contributed by atoms with Crippen LogP contribution in [0.2, 0.25) is 5.15 Å². The highest BCUT2D eigenvalue weighted by atomic mass is 127. The van der Waals surface area contributed by atoms with Gasteiger partial charge in [-0.25, -0.2) is 15.0 Å². The Morgan fingerprint density at radius 1 is 1.30 bits per heavy atom. The summed E-state index contributed by atoms with van der Waals surface area (Å²) in [4.78, 5) is 13.4. The Morgan fingerprint density at radius 2 is 2.00 bits per heavy atom. The maximum atomic E-state index is 6.16. The average Bonchev–Trinajstić information content (AvgIpc) is 2.84. The molecule has 4 nitrogen and oxygen atoms in total. The molecule has 7 heteroatoms. The summed E-state index contributed by atoms with van der Waals surface area (Å²) in [6.45, 7) is 6.80. The topological polar surface area (TPSA) is 47.9 Å². The smallest absolute Gasteiger partial charge is 0.180 e. The molecule has 0 atom stereocenters. The van der Waals surface area contributed by atoms with Crippen molar-refractivity contribution in [2.45, 2.75) is 32.8 Å². The first-order chi connectivity index (χ1) is 9.32. The highest BCUT2D eigenvalue weighted by Gasteiger charge is 2.20. The predicted octanol–water partition coefficient (Wildman–Crippen LogP) is 4.30. The number of nitrogens with zero attached hydrogens (tertiary/aromatic N) is 3. The fourth-order valence-corrected chi connectivity index (χ4v) is 3.00. The van der Waals surface area contributed by atoms with Crippen LogP contribution in [0.3, 0.4) is 0 Å². The van der Waals surface area contributed by atoms with Gasteiger partial charge in [-0.2, -0.15) is 0 Å². The van der Waals surface area contributed by atoms with Gasteiger partial charge in [0, 0.05) is 17.9 Å². The van der Waals surface area contributed by atoms with Gasteiger partial charge in [0.1, 0.15) is 10.8 Å². The van der Waals surface area contributed by atoms with Crippen LogP contribution in [0.15, 0.2) is 5.38 Å². The van der Waals surface area contributed by atoms with Crippen LogP contribution in [0.25, 0.3) is 11.5 Å². The zero-order chi connectivity index (χ0) is 14.9. The van der Waals surface area contributed by atoms with Crippen LogP contribution in [-0.2, 0) is 16.8 Å². The molecule has 0 unspecified atom stereocenters. The Balaban J connectivity index is 2.45. The van der Waals surface area contributed by atoms with E-state index in [-0.39, 0.29) is 5.41 Å². The van der Waals surface area contributed by atoms with Crippen molar-refractivity contribution in [3.05, 3.63) is 24.8 Å². The van der Waals surface area contributed by atoms with Gasteiger partial charge < -0.3 is 4.74 Å². The molecule has 0 radical (unpaired) electrons. The number of halogens is 2. The normalized spacial score (nSPS) is 11.9. The Hall–Kier alpha value is -0.310. The van der Waals surface area contributed by atoms with Crippen LogP contribution in [0.1, 0.15) is 31.5 Å². The molecule has 0 fully saturated rings. The Bertz CT molecular complexity index is 625. The number of rotatable bonds is 3. The molecular weight excluding hydrogens is 409 g/mol. The van der Waals surface area contributed by atoms with Gasteiger partial charge in [-0.1, -0.05) is 32.4 Å². The maximum absolute atomic E-state index is 6.16. The molecule has 0 spiro atoms. The van der Waals surface area contributed by atoms with E-state index >= 15 is 0 Å². The molecule has 2 heterocycles. The lowest BCUT2D eigenvalue weighted by Crippen LogP contribution is -2.10. The molecule has 20 heavy (non-hydrogen) atoms. The van der Waals surface area contributed by atoms with E-state index in [1.807, 2.05) is 5.38 Å². The van der Waals surface area contributed by atoms with Crippen LogP contribution >= 0.6 is 45.5 Å². The maximum Gasteiger partial charge on any atom is 0.180 e. The second-order valence-electron chi connectivity index (χ2n) is 5.32. The zero-order valence-corrected chi connectivity index (χ0v) is 15.4. The molecule has 2 aromatic rings. The van der Waals surface area contributed by atoms with Crippen LogP contribution < -0.4 is 0 Å². The third kappa shape index (κ3) is 3.47. The Morgan fingerprint density at radius 3 is 2.55 bits per heavy atom. The third-order valence-electron chi connectivity index (χ3n) is 2.54. The molecule has 0 N–H and O–H groups in total. The van der Waals surface area contributed by atoms with Crippen molar-refractivity contribution in [2.75, 3.05) is 7.11 Å². The summed E-state index contributed by atoms with van der Waals surface area (Å²) in [7, 11) is 1.63. The molecular formula is C13H15ClIN3OS. The molecule has 0 aromatic carbocycles. The summed E-state index contributed by atoms with van der Waals surface area (Å²) in [5.41, 5.74) is 1.56. The molecule has 108 valence electrons. The molecule has 0 aliphatic carbocycles. The van der Waals surface area contributed by atoms with Gasteiger partial charge in [0.15, 0.2) is 5.82 Å². The fourth-order valence-electron chi connectivity index (χ4n) is 1.53. The number of aromatic nitrogens is 3. The molecule has 0 saturated carbocycles. The minimum atomic E-state index is 0.0191. The van der Waals surface area contributed by atoms with Gasteiger partial charge in [0.2, 0.25) is 0 Å². The van der Waals surface area contributed by atoms with Crippen molar-refractivity contribution in [3.63, 3.8) is 0 Å². The highest BCUT2D eigenvalue weighted by molar-refractivity contribution is 14.1. The lowest BCUT2D eigenvalue weighted by Gasteiger charge is -2.13. The first-order valence-electron chi connectivity index (χ1n) is 6.00. The number of ether oxygens (including phenoxy) is 1. The van der Waals surface area contributed by atoms with E-state index in [9.17, 15) is 0 Å². The van der Waals surface area contributed by atoms with Crippen molar-refractivity contribution in [1.82, 2.24) is 15.0 Å². The summed E-state index contributed by atoms with van der Waals surface area (Å²) in [5, 5.41) is 3.46. The minimum absolute atomic E-state index is 0.0191. The number of methoxy groups -OCH3 is 1. The summed E-state index contributed by atoms with van der Waals surface area (Å²) in [5.74, 6) is 0.550. The number of thiazole rings is 1. The summed E-state index contributed by atoms with van der Waals surface area (Å²) in [6.07, 6.45) is 0. The Labute approximate surface area is 141 Å². The molecule has 2 aromatic heterocycles. The quantitative estimate of drug-likeness (QED) is 0.545. The van der Waals surface area contributed by atoms with Crippen molar-refractivity contribution in [3.8, 4) is 11.5 Å². The van der Waals surface area contributed by atoms with Gasteiger partial charge >= 0.3 is 0 Å². The average molecular weight is 424 g/mol. The van der Waals surface area contributed by atoms with Gasteiger partial charge in [0.25, 0.3) is 0 Å². The molecule has 0 aliphatic rings. The molecule has 0 aliphatic heterocycles. The van der Waals surface area contributed by atoms with Crippen molar-refractivity contribution >= 4 is 45.5 Å². The van der Waals surface area contributed by atoms with Gasteiger partial charge in [-0.3, -0.25) is 0 Å². The minimum Gasteiger partial charge on any atom is -0.378 e. The van der Waals surface area contributed by atoms with Crippen molar-refractivity contribution in [1.29, 1.82) is 0 Å². The fraction of sp³-hybridized carbons (Fsp3) is 0.462. The number of hydrogen-bond acceptors (Lipinski definition) is 5. The van der Waals surface area contributed by atoms with Gasteiger partial charge in [0.05, 0.1) is 20.9 Å². The van der Waals surface area contributed by atoms with Crippen LogP contribution in [0.5, 0.6) is 0 Å². The van der Waals surface area contributed by atoms with Crippen LogP contribution in [0, 0.1) is 3.57 Å². The second kappa shape index (κ2) is 6.21. The van der Waals surface area contributed by atoms with Crippen molar-refractivity contribution < 1.29 is 4.74 Å². The monoisotopic (exact) mass is 423 g/mol.